The first kappa shape index (κ1) is 18.5. The fraction of sp³-hybridized carbons (Fsp3) is 0.391. The Hall–Kier alpha value is -2.82. The monoisotopic (exact) mass is 378 g/mol. The topological polar surface area (TPSA) is 82.2 Å². The summed E-state index contributed by atoms with van der Waals surface area (Å²) in [6, 6.07) is 6.00. The summed E-state index contributed by atoms with van der Waals surface area (Å²) in [6.07, 6.45) is 7.13. The zero-order valence-corrected chi connectivity index (χ0v) is 16.4. The number of nitrogens with one attached hydrogen (secondary N) is 2. The van der Waals surface area contributed by atoms with Crippen LogP contribution in [0.5, 0.6) is 0 Å². The first-order chi connectivity index (χ1) is 13.5. The first-order valence-corrected chi connectivity index (χ1v) is 10.1. The standard InChI is InChI=1S/C23H26N2O3/c1-3-14-5-4-6-19-17(14)11-16(24-19)12-18-22-13(2)15(8-10-21(26)27)7-9-20(22)25-23(18)28/h7,9,11-12,14,24H,3-6,8,10H2,1-2H3,(H,25,28)(H,26,27). The summed E-state index contributed by atoms with van der Waals surface area (Å²) in [7, 11) is 0. The zero-order valence-electron chi connectivity index (χ0n) is 16.4. The Kier molecular flexibility index (Phi) is 4.84. The van der Waals surface area contributed by atoms with Crippen molar-refractivity contribution in [2.75, 3.05) is 5.32 Å². The summed E-state index contributed by atoms with van der Waals surface area (Å²) in [5, 5.41) is 11.9. The Morgan fingerprint density at radius 3 is 2.93 bits per heavy atom. The lowest BCUT2D eigenvalue weighted by molar-refractivity contribution is -0.137. The van der Waals surface area contributed by atoms with Crippen LogP contribution in [0.2, 0.25) is 0 Å². The van der Waals surface area contributed by atoms with Crippen molar-refractivity contribution in [3.05, 3.63) is 51.8 Å². The average Bonchev–Trinajstić information content (AvgIpc) is 3.22. The number of hydrogen-bond acceptors (Lipinski definition) is 2. The Balaban J connectivity index is 1.72. The van der Waals surface area contributed by atoms with Crippen molar-refractivity contribution in [2.24, 2.45) is 0 Å². The summed E-state index contributed by atoms with van der Waals surface area (Å²) in [6.45, 7) is 4.20. The molecule has 1 aliphatic heterocycles. The summed E-state index contributed by atoms with van der Waals surface area (Å²) in [5.74, 6) is -0.318. The number of aryl methyl sites for hydroxylation is 2. The molecule has 5 heteroatoms. The highest BCUT2D eigenvalue weighted by Gasteiger charge is 2.28. The maximum Gasteiger partial charge on any atom is 0.303 e. The minimum absolute atomic E-state index is 0.0851. The number of amides is 1. The Morgan fingerprint density at radius 2 is 2.18 bits per heavy atom. The number of carbonyl (C=O) groups excluding carboxylic acids is 1. The van der Waals surface area contributed by atoms with E-state index in [1.165, 1.54) is 24.1 Å². The van der Waals surface area contributed by atoms with Crippen LogP contribution in [0.1, 0.15) is 72.2 Å². The number of aliphatic carboxylic acids is 1. The predicted molar refractivity (Wildman–Crippen MR) is 110 cm³/mol. The van der Waals surface area contributed by atoms with Gasteiger partial charge in [-0.1, -0.05) is 13.0 Å². The van der Waals surface area contributed by atoms with Gasteiger partial charge in [0, 0.05) is 29.1 Å². The van der Waals surface area contributed by atoms with E-state index in [0.717, 1.165) is 40.9 Å². The molecule has 146 valence electrons. The molecule has 0 fully saturated rings. The van der Waals surface area contributed by atoms with E-state index in [0.29, 0.717) is 17.9 Å². The van der Waals surface area contributed by atoms with Gasteiger partial charge >= 0.3 is 5.97 Å². The zero-order chi connectivity index (χ0) is 19.8. The lowest BCUT2D eigenvalue weighted by atomic mass is 9.85. The molecule has 1 aromatic carbocycles. The summed E-state index contributed by atoms with van der Waals surface area (Å²) < 4.78 is 0. The lowest BCUT2D eigenvalue weighted by Crippen LogP contribution is -2.07. The minimum atomic E-state index is -0.813. The van der Waals surface area contributed by atoms with Gasteiger partial charge in [0.2, 0.25) is 0 Å². The molecule has 0 saturated heterocycles. The van der Waals surface area contributed by atoms with Crippen molar-refractivity contribution in [1.82, 2.24) is 4.98 Å². The third-order valence-electron chi connectivity index (χ3n) is 6.11. The van der Waals surface area contributed by atoms with E-state index in [2.05, 4.69) is 23.3 Å². The van der Waals surface area contributed by atoms with E-state index in [1.54, 1.807) is 0 Å². The second-order valence-corrected chi connectivity index (χ2v) is 7.83. The van der Waals surface area contributed by atoms with E-state index in [4.69, 9.17) is 5.11 Å². The highest BCUT2D eigenvalue weighted by atomic mass is 16.4. The number of carbonyl (C=O) groups is 2. The second kappa shape index (κ2) is 7.30. The molecule has 1 aliphatic carbocycles. The molecular formula is C23H26N2O3. The third-order valence-corrected chi connectivity index (χ3v) is 6.11. The van der Waals surface area contributed by atoms with Crippen LogP contribution in [-0.4, -0.2) is 22.0 Å². The van der Waals surface area contributed by atoms with Crippen LogP contribution in [-0.2, 0) is 22.4 Å². The molecule has 2 aromatic rings. The molecule has 0 radical (unpaired) electrons. The Labute approximate surface area is 164 Å². The minimum Gasteiger partial charge on any atom is -0.481 e. The number of aromatic amines is 1. The number of fused-ring (bicyclic) bond motifs is 2. The average molecular weight is 378 g/mol. The molecule has 2 aliphatic rings. The van der Waals surface area contributed by atoms with Crippen LogP contribution >= 0.6 is 0 Å². The van der Waals surface area contributed by atoms with Gasteiger partial charge in [-0.15, -0.1) is 0 Å². The number of H-pyrrole nitrogens is 1. The number of aromatic nitrogens is 1. The SMILES string of the molecule is CCC1CCCc2[nH]c(C=C3C(=O)Nc4ccc(CCC(=O)O)c(C)c43)cc21. The summed E-state index contributed by atoms with van der Waals surface area (Å²) in [5.41, 5.74) is 7.96. The summed E-state index contributed by atoms with van der Waals surface area (Å²) in [4.78, 5) is 27.1. The van der Waals surface area contributed by atoms with E-state index < -0.39 is 5.97 Å². The number of rotatable bonds is 5. The van der Waals surface area contributed by atoms with Crippen LogP contribution in [0.3, 0.4) is 0 Å². The Bertz CT molecular complexity index is 984. The fourth-order valence-corrected chi connectivity index (χ4v) is 4.61. The summed E-state index contributed by atoms with van der Waals surface area (Å²) >= 11 is 0. The predicted octanol–water partition coefficient (Wildman–Crippen LogP) is 4.66. The number of carboxylic acid groups (broad SMARTS) is 1. The van der Waals surface area contributed by atoms with Crippen LogP contribution in [0.25, 0.3) is 11.6 Å². The molecule has 1 atom stereocenters. The first-order valence-electron chi connectivity index (χ1n) is 10.1. The molecule has 1 amide bonds. The van der Waals surface area contributed by atoms with Gasteiger partial charge in [-0.2, -0.15) is 0 Å². The van der Waals surface area contributed by atoms with E-state index >= 15 is 0 Å². The maximum atomic E-state index is 12.6. The molecule has 5 nitrogen and oxygen atoms in total. The van der Waals surface area contributed by atoms with Gasteiger partial charge in [0.1, 0.15) is 0 Å². The van der Waals surface area contributed by atoms with Crippen molar-refractivity contribution >= 4 is 29.2 Å². The molecule has 2 heterocycles. The van der Waals surface area contributed by atoms with Crippen molar-refractivity contribution in [3.8, 4) is 0 Å². The molecule has 0 bridgehead atoms. The van der Waals surface area contributed by atoms with Crippen LogP contribution < -0.4 is 5.32 Å². The van der Waals surface area contributed by atoms with Gasteiger partial charge in [0.25, 0.3) is 5.91 Å². The number of carboxylic acids is 1. The largest absolute Gasteiger partial charge is 0.481 e. The number of anilines is 1. The molecule has 1 unspecified atom stereocenters. The highest BCUT2D eigenvalue weighted by Crippen LogP contribution is 2.39. The third kappa shape index (κ3) is 3.26. The van der Waals surface area contributed by atoms with E-state index in [1.807, 2.05) is 25.1 Å². The molecule has 0 saturated carbocycles. The van der Waals surface area contributed by atoms with Gasteiger partial charge in [-0.25, -0.2) is 0 Å². The fourth-order valence-electron chi connectivity index (χ4n) is 4.61. The maximum absolute atomic E-state index is 12.6. The quantitative estimate of drug-likeness (QED) is 0.662. The van der Waals surface area contributed by atoms with Gasteiger partial charge < -0.3 is 15.4 Å². The van der Waals surface area contributed by atoms with Gasteiger partial charge in [0.15, 0.2) is 0 Å². The smallest absolute Gasteiger partial charge is 0.303 e. The molecule has 3 N–H and O–H groups in total. The molecule has 28 heavy (non-hydrogen) atoms. The lowest BCUT2D eigenvalue weighted by Gasteiger charge is -2.20. The van der Waals surface area contributed by atoms with Gasteiger partial charge in [-0.05, 0) is 79.8 Å². The van der Waals surface area contributed by atoms with Crippen molar-refractivity contribution in [3.63, 3.8) is 0 Å². The van der Waals surface area contributed by atoms with Crippen molar-refractivity contribution < 1.29 is 14.7 Å². The molecule has 1 aromatic heterocycles. The van der Waals surface area contributed by atoms with Gasteiger partial charge in [0.05, 0.1) is 5.57 Å². The highest BCUT2D eigenvalue weighted by molar-refractivity contribution is 6.35. The van der Waals surface area contributed by atoms with E-state index in [9.17, 15) is 9.59 Å². The number of hydrogen-bond donors (Lipinski definition) is 3. The molecule has 0 spiro atoms. The molecular weight excluding hydrogens is 352 g/mol. The second-order valence-electron chi connectivity index (χ2n) is 7.83. The van der Waals surface area contributed by atoms with Crippen molar-refractivity contribution in [1.29, 1.82) is 0 Å². The molecule has 4 rings (SSSR count). The van der Waals surface area contributed by atoms with Crippen LogP contribution in [0.4, 0.5) is 5.69 Å². The normalized spacial score (nSPS) is 19.4. The Morgan fingerprint density at radius 1 is 1.36 bits per heavy atom. The van der Waals surface area contributed by atoms with Gasteiger partial charge in [-0.3, -0.25) is 9.59 Å². The number of benzene rings is 1. The van der Waals surface area contributed by atoms with Crippen molar-refractivity contribution in [2.45, 2.75) is 58.3 Å². The van der Waals surface area contributed by atoms with E-state index in [-0.39, 0.29) is 12.3 Å². The van der Waals surface area contributed by atoms with Crippen LogP contribution in [0.15, 0.2) is 18.2 Å². The van der Waals surface area contributed by atoms with Crippen LogP contribution in [0, 0.1) is 6.92 Å².